The van der Waals surface area contributed by atoms with Crippen molar-refractivity contribution >= 4 is 8.80 Å². The standard InChI is InChI=1S/C8H22N2O3Si/c1-8(10)14(11-2,12-3)13-7-5-4-6-9/h8H,4-7,9-10H2,1-3H3. The molecule has 0 amide bonds. The second kappa shape index (κ2) is 7.33. The van der Waals surface area contributed by atoms with E-state index in [1.54, 1.807) is 14.2 Å². The van der Waals surface area contributed by atoms with E-state index in [0.29, 0.717) is 13.2 Å². The molecule has 1 unspecified atom stereocenters. The molecular formula is C8H22N2O3Si. The summed E-state index contributed by atoms with van der Waals surface area (Å²) in [7, 11) is 0.509. The SMILES string of the molecule is CO[Si](OC)(OCCCCN)C(C)N. The van der Waals surface area contributed by atoms with E-state index in [9.17, 15) is 0 Å². The van der Waals surface area contributed by atoms with Crippen LogP contribution in [0.5, 0.6) is 0 Å². The molecule has 0 aromatic carbocycles. The Morgan fingerprint density at radius 1 is 1.21 bits per heavy atom. The van der Waals surface area contributed by atoms with Gasteiger partial charge in [-0.2, -0.15) is 0 Å². The zero-order chi connectivity index (χ0) is 11.0. The Bertz CT molecular complexity index is 143. The van der Waals surface area contributed by atoms with E-state index in [4.69, 9.17) is 24.7 Å². The average Bonchev–Trinajstić information content (AvgIpc) is 2.18. The van der Waals surface area contributed by atoms with Crippen LogP contribution in [0.1, 0.15) is 19.8 Å². The minimum atomic E-state index is -2.63. The van der Waals surface area contributed by atoms with Gasteiger partial charge in [-0.15, -0.1) is 0 Å². The fourth-order valence-electron chi connectivity index (χ4n) is 1.17. The molecule has 0 fully saturated rings. The molecule has 14 heavy (non-hydrogen) atoms. The van der Waals surface area contributed by atoms with E-state index in [0.717, 1.165) is 12.8 Å². The molecule has 0 radical (unpaired) electrons. The van der Waals surface area contributed by atoms with Crippen molar-refractivity contribution in [3.8, 4) is 0 Å². The van der Waals surface area contributed by atoms with Crippen molar-refractivity contribution in [1.29, 1.82) is 0 Å². The molecule has 0 aromatic rings. The summed E-state index contributed by atoms with van der Waals surface area (Å²) >= 11 is 0. The smallest absolute Gasteiger partial charge is 0.376 e. The second-order valence-electron chi connectivity index (χ2n) is 3.14. The largest absolute Gasteiger partial charge is 0.517 e. The summed E-state index contributed by atoms with van der Waals surface area (Å²) in [6, 6.07) is 0. The molecule has 0 rings (SSSR count). The molecule has 0 spiro atoms. The molecule has 0 saturated heterocycles. The minimum Gasteiger partial charge on any atom is -0.376 e. The van der Waals surface area contributed by atoms with Gasteiger partial charge in [-0.1, -0.05) is 0 Å². The van der Waals surface area contributed by atoms with Crippen LogP contribution < -0.4 is 11.5 Å². The van der Waals surface area contributed by atoms with Crippen LogP contribution in [0.3, 0.4) is 0 Å². The number of hydrogen-bond donors (Lipinski definition) is 2. The lowest BCUT2D eigenvalue weighted by Crippen LogP contribution is -2.58. The van der Waals surface area contributed by atoms with Crippen LogP contribution in [0.2, 0.25) is 0 Å². The molecular weight excluding hydrogens is 200 g/mol. The predicted octanol–water partition coefficient (Wildman–Crippen LogP) is -0.140. The summed E-state index contributed by atoms with van der Waals surface area (Å²) < 4.78 is 16.1. The van der Waals surface area contributed by atoms with E-state index in [1.807, 2.05) is 6.92 Å². The fourth-order valence-corrected chi connectivity index (χ4v) is 3.00. The zero-order valence-corrected chi connectivity index (χ0v) is 10.3. The Kier molecular flexibility index (Phi) is 7.34. The van der Waals surface area contributed by atoms with Crippen LogP contribution >= 0.6 is 0 Å². The van der Waals surface area contributed by atoms with Crippen LogP contribution in [-0.4, -0.2) is 41.8 Å². The Labute approximate surface area is 87.1 Å². The first kappa shape index (κ1) is 14.0. The van der Waals surface area contributed by atoms with Crippen molar-refractivity contribution in [2.75, 3.05) is 27.4 Å². The first-order chi connectivity index (χ1) is 6.63. The van der Waals surface area contributed by atoms with Gasteiger partial charge in [0.05, 0.1) is 5.67 Å². The quantitative estimate of drug-likeness (QED) is 0.441. The van der Waals surface area contributed by atoms with E-state index in [2.05, 4.69) is 0 Å². The van der Waals surface area contributed by atoms with Crippen LogP contribution in [0, 0.1) is 0 Å². The first-order valence-corrected chi connectivity index (χ1v) is 6.63. The normalized spacial score (nSPS) is 14.4. The van der Waals surface area contributed by atoms with Crippen molar-refractivity contribution < 1.29 is 13.3 Å². The van der Waals surface area contributed by atoms with Crippen LogP contribution in [0.25, 0.3) is 0 Å². The highest BCUT2D eigenvalue weighted by atomic mass is 28.4. The first-order valence-electron chi connectivity index (χ1n) is 4.83. The lowest BCUT2D eigenvalue weighted by Gasteiger charge is -2.29. The lowest BCUT2D eigenvalue weighted by molar-refractivity contribution is 0.0888. The van der Waals surface area contributed by atoms with Gasteiger partial charge in [0.15, 0.2) is 0 Å². The van der Waals surface area contributed by atoms with Gasteiger partial charge in [-0.3, -0.25) is 0 Å². The van der Waals surface area contributed by atoms with Gasteiger partial charge < -0.3 is 24.7 Å². The highest BCUT2D eigenvalue weighted by molar-refractivity contribution is 6.62. The third-order valence-corrected chi connectivity index (χ3v) is 4.89. The summed E-state index contributed by atoms with van der Waals surface area (Å²) in [6.07, 6.45) is 1.85. The van der Waals surface area contributed by atoms with Crippen molar-refractivity contribution in [1.82, 2.24) is 0 Å². The molecule has 0 heterocycles. The minimum absolute atomic E-state index is 0.213. The molecule has 4 N–H and O–H groups in total. The van der Waals surface area contributed by atoms with E-state index < -0.39 is 8.80 Å². The molecule has 86 valence electrons. The van der Waals surface area contributed by atoms with Crippen LogP contribution in [-0.2, 0) is 13.3 Å². The molecule has 0 bridgehead atoms. The maximum atomic E-state index is 5.77. The van der Waals surface area contributed by atoms with Crippen molar-refractivity contribution in [2.45, 2.75) is 25.4 Å². The Morgan fingerprint density at radius 3 is 2.14 bits per heavy atom. The van der Waals surface area contributed by atoms with Gasteiger partial charge in [0.25, 0.3) is 0 Å². The van der Waals surface area contributed by atoms with Crippen molar-refractivity contribution in [3.63, 3.8) is 0 Å². The van der Waals surface area contributed by atoms with Gasteiger partial charge in [-0.25, -0.2) is 0 Å². The Hall–Kier alpha value is 0.0169. The van der Waals surface area contributed by atoms with Crippen LogP contribution in [0.15, 0.2) is 0 Å². The summed E-state index contributed by atoms with van der Waals surface area (Å²) in [5.41, 5.74) is 10.9. The maximum Gasteiger partial charge on any atom is 0.517 e. The predicted molar refractivity (Wildman–Crippen MR) is 57.7 cm³/mol. The summed E-state index contributed by atoms with van der Waals surface area (Å²) in [5, 5.41) is 0. The van der Waals surface area contributed by atoms with E-state index in [-0.39, 0.29) is 5.67 Å². The zero-order valence-electron chi connectivity index (χ0n) is 9.29. The Balaban J connectivity index is 3.95. The topological polar surface area (TPSA) is 79.7 Å². The number of rotatable bonds is 8. The van der Waals surface area contributed by atoms with E-state index in [1.165, 1.54) is 0 Å². The van der Waals surface area contributed by atoms with E-state index >= 15 is 0 Å². The number of nitrogens with two attached hydrogens (primary N) is 2. The highest BCUT2D eigenvalue weighted by Crippen LogP contribution is 2.11. The molecule has 0 aromatic heterocycles. The van der Waals surface area contributed by atoms with Crippen molar-refractivity contribution in [3.05, 3.63) is 0 Å². The molecule has 6 heteroatoms. The molecule has 1 atom stereocenters. The maximum absolute atomic E-state index is 5.77. The van der Waals surface area contributed by atoms with Gasteiger partial charge >= 0.3 is 8.80 Å². The van der Waals surface area contributed by atoms with Crippen LogP contribution in [0.4, 0.5) is 0 Å². The lowest BCUT2D eigenvalue weighted by atomic mass is 10.3. The highest BCUT2D eigenvalue weighted by Gasteiger charge is 2.43. The van der Waals surface area contributed by atoms with Gasteiger partial charge in [-0.05, 0) is 26.3 Å². The number of unbranched alkanes of at least 4 members (excludes halogenated alkanes) is 1. The third-order valence-electron chi connectivity index (χ3n) is 2.03. The fraction of sp³-hybridized carbons (Fsp3) is 1.00. The number of hydrogen-bond acceptors (Lipinski definition) is 5. The molecule has 0 aliphatic rings. The Morgan fingerprint density at radius 2 is 1.79 bits per heavy atom. The molecule has 0 aliphatic carbocycles. The second-order valence-corrected chi connectivity index (χ2v) is 6.37. The van der Waals surface area contributed by atoms with Crippen molar-refractivity contribution in [2.24, 2.45) is 11.5 Å². The molecule has 0 saturated carbocycles. The average molecular weight is 222 g/mol. The van der Waals surface area contributed by atoms with Gasteiger partial charge in [0.2, 0.25) is 0 Å². The van der Waals surface area contributed by atoms with Gasteiger partial charge in [0.1, 0.15) is 0 Å². The third kappa shape index (κ3) is 4.03. The monoisotopic (exact) mass is 222 g/mol. The summed E-state index contributed by atoms with van der Waals surface area (Å²) in [6.45, 7) is 3.10. The summed E-state index contributed by atoms with van der Waals surface area (Å²) in [5.74, 6) is 0. The van der Waals surface area contributed by atoms with Gasteiger partial charge in [0, 0.05) is 20.8 Å². The summed E-state index contributed by atoms with van der Waals surface area (Å²) in [4.78, 5) is 0. The molecule has 0 aliphatic heterocycles. The molecule has 5 nitrogen and oxygen atoms in total.